The molecule has 1 atom stereocenters. The van der Waals surface area contributed by atoms with E-state index in [0.717, 1.165) is 11.8 Å². The zero-order valence-corrected chi connectivity index (χ0v) is 11.9. The van der Waals surface area contributed by atoms with E-state index < -0.39 is 21.1 Å². The number of hydrogen-bond donors (Lipinski definition) is 1. The van der Waals surface area contributed by atoms with Crippen LogP contribution in [0.25, 0.3) is 0 Å². The van der Waals surface area contributed by atoms with Gasteiger partial charge in [0.25, 0.3) is 0 Å². The average Bonchev–Trinajstić information content (AvgIpc) is 2.38. The Labute approximate surface area is 116 Å². The smallest absolute Gasteiger partial charge is 0.316 e. The standard InChI is InChI=1S/C12H13NO4S2/c1-9(12(14)15)18-6-7-19(16,17)11-4-2-10(8-13)3-5-11/h2-5,9H,6-7H2,1H3,(H,14,15). The lowest BCUT2D eigenvalue weighted by Gasteiger charge is -2.07. The highest BCUT2D eigenvalue weighted by atomic mass is 32.2. The van der Waals surface area contributed by atoms with E-state index in [9.17, 15) is 13.2 Å². The van der Waals surface area contributed by atoms with Crippen LogP contribution in [0, 0.1) is 11.3 Å². The number of carboxylic acid groups (broad SMARTS) is 1. The van der Waals surface area contributed by atoms with Gasteiger partial charge < -0.3 is 5.11 Å². The third-order valence-corrected chi connectivity index (χ3v) is 5.54. The molecule has 5 nitrogen and oxygen atoms in total. The van der Waals surface area contributed by atoms with E-state index in [1.165, 1.54) is 31.2 Å². The molecule has 0 spiro atoms. The minimum absolute atomic E-state index is 0.124. The van der Waals surface area contributed by atoms with Crippen LogP contribution in [0.15, 0.2) is 29.2 Å². The molecule has 7 heteroatoms. The van der Waals surface area contributed by atoms with Gasteiger partial charge in [-0.3, -0.25) is 4.79 Å². The summed E-state index contributed by atoms with van der Waals surface area (Å²) in [6, 6.07) is 7.58. The number of nitrogens with zero attached hydrogens (tertiary/aromatic N) is 1. The zero-order chi connectivity index (χ0) is 14.5. The van der Waals surface area contributed by atoms with Crippen LogP contribution in [0.1, 0.15) is 12.5 Å². The van der Waals surface area contributed by atoms with Crippen molar-refractivity contribution < 1.29 is 18.3 Å². The Morgan fingerprint density at radius 1 is 1.42 bits per heavy atom. The normalized spacial score (nSPS) is 12.6. The Bertz CT molecular complexity index is 587. The first-order valence-corrected chi connectivity index (χ1v) is 8.14. The Kier molecular flexibility index (Phi) is 5.39. The second kappa shape index (κ2) is 6.59. The molecule has 0 aromatic heterocycles. The van der Waals surface area contributed by atoms with Gasteiger partial charge in [-0.15, -0.1) is 11.8 Å². The number of nitriles is 1. The first kappa shape index (κ1) is 15.5. The molecule has 0 fully saturated rings. The van der Waals surface area contributed by atoms with Gasteiger partial charge in [-0.2, -0.15) is 5.26 Å². The summed E-state index contributed by atoms with van der Waals surface area (Å²) >= 11 is 1.08. The highest BCUT2D eigenvalue weighted by Gasteiger charge is 2.17. The van der Waals surface area contributed by atoms with E-state index in [1.807, 2.05) is 6.07 Å². The zero-order valence-electron chi connectivity index (χ0n) is 10.2. The number of rotatable bonds is 6. The summed E-state index contributed by atoms with van der Waals surface area (Å²) in [7, 11) is -3.43. The maximum atomic E-state index is 11.9. The minimum Gasteiger partial charge on any atom is -0.480 e. The summed E-state index contributed by atoms with van der Waals surface area (Å²) in [6.45, 7) is 1.52. The number of hydrogen-bond acceptors (Lipinski definition) is 5. The number of benzene rings is 1. The second-order valence-electron chi connectivity index (χ2n) is 3.81. The van der Waals surface area contributed by atoms with E-state index in [2.05, 4.69) is 0 Å². The van der Waals surface area contributed by atoms with Crippen LogP contribution < -0.4 is 0 Å². The van der Waals surface area contributed by atoms with Gasteiger partial charge in [0, 0.05) is 5.75 Å². The lowest BCUT2D eigenvalue weighted by atomic mass is 10.2. The van der Waals surface area contributed by atoms with Crippen molar-refractivity contribution in [2.45, 2.75) is 17.1 Å². The lowest BCUT2D eigenvalue weighted by Crippen LogP contribution is -2.15. The lowest BCUT2D eigenvalue weighted by molar-refractivity contribution is -0.136. The van der Waals surface area contributed by atoms with Gasteiger partial charge in [-0.05, 0) is 31.2 Å². The van der Waals surface area contributed by atoms with Crippen LogP contribution in [0.3, 0.4) is 0 Å². The van der Waals surface area contributed by atoms with Crippen LogP contribution in [0.2, 0.25) is 0 Å². The fraction of sp³-hybridized carbons (Fsp3) is 0.333. The van der Waals surface area contributed by atoms with Crippen LogP contribution in [-0.4, -0.2) is 36.2 Å². The molecule has 1 unspecified atom stereocenters. The van der Waals surface area contributed by atoms with Crippen molar-refractivity contribution >= 4 is 27.6 Å². The van der Waals surface area contributed by atoms with Crippen LogP contribution in [0.4, 0.5) is 0 Å². The fourth-order valence-corrected chi connectivity index (χ4v) is 3.81. The average molecular weight is 299 g/mol. The molecule has 0 bridgehead atoms. The van der Waals surface area contributed by atoms with Crippen molar-refractivity contribution in [2.24, 2.45) is 0 Å². The predicted molar refractivity (Wildman–Crippen MR) is 72.8 cm³/mol. The van der Waals surface area contributed by atoms with E-state index in [0.29, 0.717) is 5.56 Å². The molecule has 0 aliphatic carbocycles. The third kappa shape index (κ3) is 4.58. The molecule has 19 heavy (non-hydrogen) atoms. The topological polar surface area (TPSA) is 95.2 Å². The van der Waals surface area contributed by atoms with Gasteiger partial charge in [0.05, 0.1) is 27.5 Å². The van der Waals surface area contributed by atoms with Crippen LogP contribution in [-0.2, 0) is 14.6 Å². The van der Waals surface area contributed by atoms with E-state index in [-0.39, 0.29) is 16.4 Å². The van der Waals surface area contributed by atoms with Crippen LogP contribution in [0.5, 0.6) is 0 Å². The van der Waals surface area contributed by atoms with Crippen molar-refractivity contribution in [3.63, 3.8) is 0 Å². The molecule has 0 amide bonds. The van der Waals surface area contributed by atoms with E-state index >= 15 is 0 Å². The Morgan fingerprint density at radius 2 is 2.00 bits per heavy atom. The summed E-state index contributed by atoms with van der Waals surface area (Å²) in [5.74, 6) is -0.863. The molecule has 0 aliphatic rings. The van der Waals surface area contributed by atoms with Crippen LogP contribution >= 0.6 is 11.8 Å². The SMILES string of the molecule is CC(SCCS(=O)(=O)c1ccc(C#N)cc1)C(=O)O. The minimum atomic E-state index is -3.43. The summed E-state index contributed by atoms with van der Waals surface area (Å²) in [6.07, 6.45) is 0. The molecule has 0 aliphatic heterocycles. The molecule has 0 heterocycles. The quantitative estimate of drug-likeness (QED) is 0.856. The molecule has 0 radical (unpaired) electrons. The number of carbonyl (C=O) groups is 1. The Hall–Kier alpha value is -1.52. The largest absolute Gasteiger partial charge is 0.480 e. The molecule has 1 aromatic rings. The number of sulfone groups is 1. The summed E-state index contributed by atoms with van der Waals surface area (Å²) < 4.78 is 23.9. The highest BCUT2D eigenvalue weighted by molar-refractivity contribution is 8.01. The molecule has 0 saturated carbocycles. The highest BCUT2D eigenvalue weighted by Crippen LogP contribution is 2.16. The molecule has 1 N–H and O–H groups in total. The van der Waals surface area contributed by atoms with Gasteiger partial charge in [-0.1, -0.05) is 0 Å². The first-order chi connectivity index (χ1) is 8.86. The van der Waals surface area contributed by atoms with E-state index in [4.69, 9.17) is 10.4 Å². The van der Waals surface area contributed by atoms with Gasteiger partial charge in [0.15, 0.2) is 9.84 Å². The third-order valence-electron chi connectivity index (χ3n) is 2.41. The molecule has 1 aromatic carbocycles. The van der Waals surface area contributed by atoms with E-state index in [1.54, 1.807) is 0 Å². The van der Waals surface area contributed by atoms with Crippen molar-refractivity contribution in [3.8, 4) is 6.07 Å². The Morgan fingerprint density at radius 3 is 2.47 bits per heavy atom. The van der Waals surface area contributed by atoms with Gasteiger partial charge in [0.1, 0.15) is 0 Å². The monoisotopic (exact) mass is 299 g/mol. The molecule has 0 saturated heterocycles. The molecular formula is C12H13NO4S2. The van der Waals surface area contributed by atoms with Gasteiger partial charge in [0.2, 0.25) is 0 Å². The summed E-state index contributed by atoms with van der Waals surface area (Å²) in [5.41, 5.74) is 0.396. The van der Waals surface area contributed by atoms with Crippen molar-refractivity contribution in [1.82, 2.24) is 0 Å². The maximum absolute atomic E-state index is 11.9. The van der Waals surface area contributed by atoms with Crippen molar-refractivity contribution in [1.29, 1.82) is 5.26 Å². The summed E-state index contributed by atoms with van der Waals surface area (Å²) in [4.78, 5) is 10.7. The van der Waals surface area contributed by atoms with Gasteiger partial charge in [-0.25, -0.2) is 8.42 Å². The summed E-state index contributed by atoms with van der Waals surface area (Å²) in [5, 5.41) is 16.7. The van der Waals surface area contributed by atoms with Crippen molar-refractivity contribution in [3.05, 3.63) is 29.8 Å². The number of carboxylic acids is 1. The van der Waals surface area contributed by atoms with Gasteiger partial charge >= 0.3 is 5.97 Å². The molecule has 102 valence electrons. The fourth-order valence-electron chi connectivity index (χ4n) is 1.26. The number of aliphatic carboxylic acids is 1. The van der Waals surface area contributed by atoms with Crippen molar-refractivity contribution in [2.75, 3.05) is 11.5 Å². The predicted octanol–water partition coefficient (Wildman–Crippen LogP) is 1.54. The first-order valence-electron chi connectivity index (χ1n) is 5.44. The Balaban J connectivity index is 2.66. The number of thioether (sulfide) groups is 1. The molecule has 1 rings (SSSR count). The molecular weight excluding hydrogens is 286 g/mol. The maximum Gasteiger partial charge on any atom is 0.316 e. The second-order valence-corrected chi connectivity index (χ2v) is 7.36.